The third-order valence-electron chi connectivity index (χ3n) is 5.25. The molecule has 3 amide bonds. The molecule has 0 aromatic heterocycles. The van der Waals surface area contributed by atoms with Crippen LogP contribution in [0.25, 0.3) is 0 Å². The van der Waals surface area contributed by atoms with Gasteiger partial charge in [0.15, 0.2) is 0 Å². The number of ether oxygens (including phenoxy) is 1. The van der Waals surface area contributed by atoms with Crippen molar-refractivity contribution >= 4 is 41.2 Å². The zero-order chi connectivity index (χ0) is 21.2. The van der Waals surface area contributed by atoms with Crippen LogP contribution in [0.1, 0.15) is 45.1 Å². The van der Waals surface area contributed by atoms with E-state index in [0.717, 1.165) is 30.6 Å². The van der Waals surface area contributed by atoms with Crippen LogP contribution in [-0.4, -0.2) is 51.5 Å². The summed E-state index contributed by atoms with van der Waals surface area (Å²) in [5, 5.41) is 18.3. The number of nitriles is 1. The van der Waals surface area contributed by atoms with Crippen LogP contribution in [-0.2, 0) is 9.53 Å². The number of benzene rings is 1. The first-order valence-electron chi connectivity index (χ1n) is 9.57. The van der Waals surface area contributed by atoms with Gasteiger partial charge < -0.3 is 9.84 Å². The molecule has 1 saturated carbocycles. The molecule has 0 bridgehead atoms. The Balaban J connectivity index is 1.72. The van der Waals surface area contributed by atoms with Gasteiger partial charge in [-0.2, -0.15) is 5.26 Å². The van der Waals surface area contributed by atoms with E-state index in [1.165, 1.54) is 24.1 Å². The van der Waals surface area contributed by atoms with E-state index in [4.69, 9.17) is 26.7 Å². The first-order chi connectivity index (χ1) is 13.8. The van der Waals surface area contributed by atoms with E-state index in [-0.39, 0.29) is 28.9 Å². The van der Waals surface area contributed by atoms with Crippen molar-refractivity contribution in [2.75, 3.05) is 18.1 Å². The van der Waals surface area contributed by atoms with Crippen molar-refractivity contribution in [2.45, 2.75) is 56.4 Å². The average Bonchev–Trinajstić information content (AvgIpc) is 2.87. The number of halogens is 1. The van der Waals surface area contributed by atoms with Gasteiger partial charge in [0, 0.05) is 5.25 Å². The summed E-state index contributed by atoms with van der Waals surface area (Å²) in [5.41, 5.74) is -0.340. The second kappa shape index (κ2) is 8.92. The van der Waals surface area contributed by atoms with Crippen molar-refractivity contribution < 1.29 is 19.4 Å². The third-order valence-corrected chi connectivity index (χ3v) is 7.16. The van der Waals surface area contributed by atoms with Crippen LogP contribution in [0.5, 0.6) is 0 Å². The normalized spacial score (nSPS) is 24.1. The van der Waals surface area contributed by atoms with Crippen molar-refractivity contribution in [1.82, 2.24) is 4.31 Å². The van der Waals surface area contributed by atoms with Gasteiger partial charge in [-0.05, 0) is 69.7 Å². The second-order valence-electron chi connectivity index (χ2n) is 7.65. The smallest absolute Gasteiger partial charge is 0.342 e. The Morgan fingerprint density at radius 2 is 2.00 bits per heavy atom. The zero-order valence-electron chi connectivity index (χ0n) is 16.4. The molecular formula is C20H24ClN3O4S. The summed E-state index contributed by atoms with van der Waals surface area (Å²) in [6.45, 7) is 3.84. The van der Waals surface area contributed by atoms with Gasteiger partial charge >= 0.3 is 6.03 Å². The number of carbonyl (C=O) groups is 2. The molecule has 2 fully saturated rings. The van der Waals surface area contributed by atoms with E-state index in [2.05, 4.69) is 0 Å². The number of aliphatic hydroxyl groups excluding tert-OH is 1. The Morgan fingerprint density at radius 3 is 2.59 bits per heavy atom. The monoisotopic (exact) mass is 437 g/mol. The number of hydrogen-bond donors (Lipinski definition) is 1. The lowest BCUT2D eigenvalue weighted by molar-refractivity contribution is -0.122. The predicted octanol–water partition coefficient (Wildman–Crippen LogP) is 3.73. The van der Waals surface area contributed by atoms with Gasteiger partial charge in [-0.1, -0.05) is 11.6 Å². The number of imide groups is 1. The van der Waals surface area contributed by atoms with Crippen molar-refractivity contribution in [3.05, 3.63) is 28.8 Å². The molecule has 0 unspecified atom stereocenters. The molecule has 1 N–H and O–H groups in total. The van der Waals surface area contributed by atoms with Gasteiger partial charge in [0.05, 0.1) is 35.6 Å². The zero-order valence-corrected chi connectivity index (χ0v) is 18.0. The molecule has 3 rings (SSSR count). The number of urea groups is 1. The molecule has 0 spiro atoms. The topological polar surface area (TPSA) is 93.9 Å². The Morgan fingerprint density at radius 1 is 1.31 bits per heavy atom. The highest BCUT2D eigenvalue weighted by atomic mass is 35.5. The van der Waals surface area contributed by atoms with Gasteiger partial charge in [-0.15, -0.1) is 0 Å². The second-order valence-corrected chi connectivity index (χ2v) is 9.30. The summed E-state index contributed by atoms with van der Waals surface area (Å²) >= 11 is 7.51. The first kappa shape index (κ1) is 21.9. The number of aliphatic hydroxyl groups is 1. The number of rotatable bonds is 6. The van der Waals surface area contributed by atoms with Crippen molar-refractivity contribution in [1.29, 1.82) is 5.26 Å². The number of hydrogen-bond acceptors (Lipinski definition) is 6. The van der Waals surface area contributed by atoms with Crippen LogP contribution < -0.4 is 4.90 Å². The van der Waals surface area contributed by atoms with Crippen LogP contribution >= 0.6 is 23.5 Å². The standard InChI is InChI=1S/C20H24ClN3O4S/c1-20(2)18(26)23(14-4-3-13(12-22)17(21)11-14)19(27)24(20)29-16-7-5-15(6-8-16)28-10-9-25/h3-4,11,15-16,25H,5-10H2,1-2H3. The largest absolute Gasteiger partial charge is 0.394 e. The first-order valence-corrected chi connectivity index (χ1v) is 10.8. The van der Waals surface area contributed by atoms with Crippen LogP contribution in [0.15, 0.2) is 18.2 Å². The summed E-state index contributed by atoms with van der Waals surface area (Å²) in [4.78, 5) is 27.3. The number of amides is 3. The molecule has 1 aliphatic carbocycles. The molecule has 7 nitrogen and oxygen atoms in total. The molecule has 1 heterocycles. The van der Waals surface area contributed by atoms with Gasteiger partial charge in [-0.25, -0.2) is 9.69 Å². The van der Waals surface area contributed by atoms with Crippen molar-refractivity contribution in [3.8, 4) is 6.07 Å². The van der Waals surface area contributed by atoms with E-state index < -0.39 is 11.6 Å². The van der Waals surface area contributed by atoms with Gasteiger partial charge in [0.1, 0.15) is 11.6 Å². The Bertz CT molecular complexity index is 834. The summed E-state index contributed by atoms with van der Waals surface area (Å²) < 4.78 is 7.15. The minimum Gasteiger partial charge on any atom is -0.394 e. The molecule has 1 saturated heterocycles. The fourth-order valence-electron chi connectivity index (χ4n) is 3.59. The fourth-order valence-corrected chi connectivity index (χ4v) is 5.10. The van der Waals surface area contributed by atoms with Gasteiger partial charge in [0.25, 0.3) is 5.91 Å². The third kappa shape index (κ3) is 4.38. The maximum absolute atomic E-state index is 13.1. The van der Waals surface area contributed by atoms with E-state index in [9.17, 15) is 9.59 Å². The Kier molecular flexibility index (Phi) is 6.74. The highest BCUT2D eigenvalue weighted by Crippen LogP contribution is 2.42. The lowest BCUT2D eigenvalue weighted by Gasteiger charge is -2.33. The van der Waals surface area contributed by atoms with Gasteiger partial charge in [0.2, 0.25) is 0 Å². The summed E-state index contributed by atoms with van der Waals surface area (Å²) in [6, 6.07) is 6.12. The van der Waals surface area contributed by atoms with Crippen LogP contribution in [0, 0.1) is 11.3 Å². The lowest BCUT2D eigenvalue weighted by atomic mass is 9.97. The fraction of sp³-hybridized carbons (Fsp3) is 0.550. The highest BCUT2D eigenvalue weighted by Gasteiger charge is 2.53. The number of carbonyl (C=O) groups excluding carboxylic acids is 2. The minimum absolute atomic E-state index is 0.0163. The Hall–Kier alpha value is -1.79. The summed E-state index contributed by atoms with van der Waals surface area (Å²) in [6.07, 6.45) is 3.61. The SMILES string of the molecule is CC1(C)C(=O)N(c2ccc(C#N)c(Cl)c2)C(=O)N1SC1CCC(OCCO)CC1. The number of nitrogens with zero attached hydrogens (tertiary/aromatic N) is 3. The molecule has 1 aromatic rings. The molecule has 1 aliphatic heterocycles. The molecule has 0 radical (unpaired) electrons. The van der Waals surface area contributed by atoms with Crippen LogP contribution in [0.4, 0.5) is 10.5 Å². The molecule has 0 atom stereocenters. The molecule has 2 aliphatic rings. The summed E-state index contributed by atoms with van der Waals surface area (Å²) in [5.74, 6) is -0.323. The van der Waals surface area contributed by atoms with Crippen molar-refractivity contribution in [2.24, 2.45) is 0 Å². The minimum atomic E-state index is -0.994. The van der Waals surface area contributed by atoms with E-state index in [1.54, 1.807) is 24.2 Å². The predicted molar refractivity (Wildman–Crippen MR) is 112 cm³/mol. The van der Waals surface area contributed by atoms with E-state index in [1.807, 2.05) is 6.07 Å². The van der Waals surface area contributed by atoms with Crippen LogP contribution in [0.3, 0.4) is 0 Å². The maximum Gasteiger partial charge on any atom is 0.342 e. The molecule has 9 heteroatoms. The maximum atomic E-state index is 13.1. The molecule has 1 aromatic carbocycles. The Labute approximate surface area is 179 Å². The average molecular weight is 438 g/mol. The lowest BCUT2D eigenvalue weighted by Crippen LogP contribution is -2.41. The van der Waals surface area contributed by atoms with E-state index in [0.29, 0.717) is 17.9 Å². The van der Waals surface area contributed by atoms with Crippen molar-refractivity contribution in [3.63, 3.8) is 0 Å². The molecule has 29 heavy (non-hydrogen) atoms. The summed E-state index contributed by atoms with van der Waals surface area (Å²) in [7, 11) is 0. The molecule has 156 valence electrons. The quantitative estimate of drug-likeness (QED) is 0.538. The van der Waals surface area contributed by atoms with Gasteiger partial charge in [-0.3, -0.25) is 9.10 Å². The molecular weight excluding hydrogens is 414 g/mol. The number of anilines is 1. The highest BCUT2D eigenvalue weighted by molar-refractivity contribution is 7.98. The van der Waals surface area contributed by atoms with E-state index >= 15 is 0 Å². The van der Waals surface area contributed by atoms with Crippen LogP contribution in [0.2, 0.25) is 5.02 Å².